The van der Waals surface area contributed by atoms with Crippen LogP contribution in [0.25, 0.3) is 0 Å². The first-order chi connectivity index (χ1) is 45.7. The Bertz CT molecular complexity index is 2090. The minimum atomic E-state index is -0.945. The molecule has 0 saturated heterocycles. The van der Waals surface area contributed by atoms with Crippen LogP contribution in [0.2, 0.25) is 0 Å². The summed E-state index contributed by atoms with van der Waals surface area (Å²) in [6.07, 6.45) is 3.04. The second kappa shape index (κ2) is 63.1. The fraction of sp³-hybridized carbons (Fsp3) is 0.794. The highest BCUT2D eigenvalue weighted by Gasteiger charge is 2.24. The Labute approximate surface area is 561 Å². The zero-order valence-corrected chi connectivity index (χ0v) is 57.5. The predicted molar refractivity (Wildman–Crippen MR) is 341 cm³/mol. The summed E-state index contributed by atoms with van der Waals surface area (Å²) < 4.78 is 74.9. The van der Waals surface area contributed by atoms with E-state index in [0.717, 1.165) is 10.5 Å². The molecule has 5 amide bonds. The van der Waals surface area contributed by atoms with Crippen molar-refractivity contribution in [3.05, 3.63) is 24.3 Å². The number of nitrogens with zero attached hydrogens (tertiary/aromatic N) is 1. The number of imide groups is 1. The number of carboxylic acid groups (broad SMARTS) is 1. The summed E-state index contributed by atoms with van der Waals surface area (Å²) in [4.78, 5) is 105. The van der Waals surface area contributed by atoms with E-state index in [2.05, 4.69) is 22.5 Å². The Morgan fingerprint density at radius 1 is 0.474 bits per heavy atom. The van der Waals surface area contributed by atoms with Gasteiger partial charge in [-0.1, -0.05) is 53.7 Å². The maximum absolute atomic E-state index is 11.9. The number of aliphatic carboxylic acids is 1. The number of amides is 5. The zero-order valence-electron chi connectivity index (χ0n) is 58.5. The van der Waals surface area contributed by atoms with Gasteiger partial charge in [0.05, 0.1) is 83.9 Å². The number of hydrogen-bond acceptors (Lipinski definition) is 27. The Hall–Kier alpha value is -5.69. The molecule has 0 aromatic carbocycles. The van der Waals surface area contributed by atoms with Gasteiger partial charge in [-0.3, -0.25) is 48.1 Å². The lowest BCUT2D eigenvalue weighted by Crippen LogP contribution is -2.35. The third-order valence-electron chi connectivity index (χ3n) is 13.1. The monoisotopic (exact) mass is 1380 g/mol. The standard InChI is InChI=1S/C28H46N4O12.C16H30O5.C12H22O7.C7H16O4/c1-3-21(19-33)44-28(40-2)20-43-27(39)6-4-5-22(34)29-11-12-30-24(36)10-15-41-17-18-42-16-13-31-23(35)9-14-32-25(37)7-8-26(32)38;1-6-14(10-17)21-16(19-5)11-20-15(18)9-7-8-13(4)12(2)3;1-3-9(7-13)19-12(17-2)8-18-11(16)6-4-5-10(14)15;1-3-6(4-8)11-7(5-9)10-2/h7-8,21,28,33H,3-6,9-20H2,1-2H3,(H,29,34)(H,30,36)(H,31,35);12,14,16-17H,4,6-11H2,1-3,5H3;9,12-13H,3-8H2,1-2H3,(H,14,15);6-9H,3-5H2,1-2H3/i;12D;;. The average Bonchev–Trinajstić information content (AvgIpc) is 1.81. The lowest BCUT2D eigenvalue weighted by molar-refractivity contribution is -0.194. The summed E-state index contributed by atoms with van der Waals surface area (Å²) in [5.41, 5.74) is 0.798. The van der Waals surface area contributed by atoms with Crippen LogP contribution < -0.4 is 16.0 Å². The van der Waals surface area contributed by atoms with Crippen molar-refractivity contribution >= 4 is 53.4 Å². The van der Waals surface area contributed by atoms with E-state index >= 15 is 0 Å². The molecule has 554 valence electrons. The van der Waals surface area contributed by atoms with E-state index in [9.17, 15) is 48.3 Å². The average molecular weight is 1380 g/mol. The van der Waals surface area contributed by atoms with Crippen LogP contribution in [0.4, 0.5) is 0 Å². The van der Waals surface area contributed by atoms with Crippen LogP contribution in [0, 0.1) is 5.89 Å². The first kappa shape index (κ1) is 91.4. The van der Waals surface area contributed by atoms with Crippen molar-refractivity contribution in [3.8, 4) is 0 Å². The number of rotatable bonds is 55. The number of methoxy groups -OCH3 is 4. The summed E-state index contributed by atoms with van der Waals surface area (Å²) in [6.45, 7) is 15.8. The smallest absolute Gasteiger partial charge is 0.305 e. The first-order valence-corrected chi connectivity index (χ1v) is 31.9. The van der Waals surface area contributed by atoms with Gasteiger partial charge in [0.1, 0.15) is 19.8 Å². The molecule has 8 atom stereocenters. The molecule has 0 bridgehead atoms. The van der Waals surface area contributed by atoms with Crippen LogP contribution in [-0.2, 0) is 105 Å². The fourth-order valence-corrected chi connectivity index (χ4v) is 7.05. The molecule has 32 nitrogen and oxygen atoms in total. The maximum Gasteiger partial charge on any atom is 0.305 e. The molecule has 0 radical (unpaired) electrons. The second-order valence-corrected chi connectivity index (χ2v) is 20.8. The molecule has 0 aromatic rings. The van der Waals surface area contributed by atoms with Crippen molar-refractivity contribution in [3.63, 3.8) is 0 Å². The van der Waals surface area contributed by atoms with E-state index in [1.54, 1.807) is 13.8 Å². The molecule has 1 rings (SSSR count). The molecule has 32 heteroatoms. The Morgan fingerprint density at radius 3 is 1.18 bits per heavy atom. The molecule has 9 N–H and O–H groups in total. The van der Waals surface area contributed by atoms with Gasteiger partial charge in [-0.2, -0.15) is 0 Å². The van der Waals surface area contributed by atoms with Gasteiger partial charge in [-0.25, -0.2) is 0 Å². The Balaban J connectivity index is -0.00000138. The van der Waals surface area contributed by atoms with Gasteiger partial charge >= 0.3 is 23.9 Å². The lowest BCUT2D eigenvalue weighted by atomic mass is 10.00. The van der Waals surface area contributed by atoms with E-state index in [1.165, 1.54) is 40.6 Å². The Kier molecular flexibility index (Phi) is 60.7. The van der Waals surface area contributed by atoms with Crippen LogP contribution in [0.15, 0.2) is 24.3 Å². The first-order valence-electron chi connectivity index (χ1n) is 32.4. The minimum Gasteiger partial charge on any atom is -0.481 e. The summed E-state index contributed by atoms with van der Waals surface area (Å²) in [6, 6.07) is 0. The number of hydrogen-bond donors (Lipinski definition) is 9. The summed E-state index contributed by atoms with van der Waals surface area (Å²) in [7, 11) is 5.73. The van der Waals surface area contributed by atoms with E-state index in [1.807, 2.05) is 27.7 Å². The number of carboxylic acids is 1. The van der Waals surface area contributed by atoms with Crippen molar-refractivity contribution in [2.24, 2.45) is 5.89 Å². The van der Waals surface area contributed by atoms with Gasteiger partial charge in [0.15, 0.2) is 25.2 Å². The molecule has 0 spiro atoms. The van der Waals surface area contributed by atoms with Gasteiger partial charge in [0, 0.05) is 113 Å². The second-order valence-electron chi connectivity index (χ2n) is 20.8. The van der Waals surface area contributed by atoms with Gasteiger partial charge in [-0.05, 0) is 57.3 Å². The number of nitrogens with one attached hydrogen (secondary N) is 3. The number of aliphatic hydroxyl groups excluding tert-OH is 5. The quantitative estimate of drug-likeness (QED) is 0.0104. The zero-order chi connectivity index (χ0) is 73.1. The number of aliphatic hydroxyl groups is 5. The van der Waals surface area contributed by atoms with E-state index in [4.69, 9.17) is 88.5 Å². The van der Waals surface area contributed by atoms with E-state index < -0.39 is 66.9 Å². The molecule has 1 heterocycles. The van der Waals surface area contributed by atoms with Crippen molar-refractivity contribution < 1.29 is 137 Å². The van der Waals surface area contributed by atoms with Crippen LogP contribution >= 0.6 is 0 Å². The molecule has 0 fully saturated rings. The van der Waals surface area contributed by atoms with Crippen LogP contribution in [-0.4, -0.2) is 272 Å². The topological polar surface area (TPSA) is 434 Å². The molecule has 8 unspecified atom stereocenters. The third kappa shape index (κ3) is 54.1. The van der Waals surface area contributed by atoms with Crippen molar-refractivity contribution in [2.75, 3.05) is 134 Å². The highest BCUT2D eigenvalue weighted by molar-refractivity contribution is 6.13. The number of esters is 3. The summed E-state index contributed by atoms with van der Waals surface area (Å²) in [5, 5.41) is 60.9. The highest BCUT2D eigenvalue weighted by Crippen LogP contribution is 2.15. The minimum absolute atomic E-state index is 0.00326. The van der Waals surface area contributed by atoms with Gasteiger partial charge < -0.3 is 108 Å². The maximum atomic E-state index is 11.9. The predicted octanol–water partition coefficient (Wildman–Crippen LogP) is 1.50. The molecular formula is C63H114N4O28. The summed E-state index contributed by atoms with van der Waals surface area (Å²) in [5.74, 6) is -4.60. The number of ether oxygens (including phenoxy) is 13. The van der Waals surface area contributed by atoms with Gasteiger partial charge in [0.25, 0.3) is 11.8 Å². The van der Waals surface area contributed by atoms with Crippen molar-refractivity contribution in [2.45, 2.75) is 187 Å². The van der Waals surface area contributed by atoms with Gasteiger partial charge in [0.2, 0.25) is 17.7 Å². The van der Waals surface area contributed by atoms with Crippen LogP contribution in [0.1, 0.15) is 139 Å². The van der Waals surface area contributed by atoms with E-state index in [0.29, 0.717) is 44.9 Å². The molecular weight excluding hydrogens is 1260 g/mol. The number of allylic oxidation sites excluding steroid dienone is 1. The Morgan fingerprint density at radius 2 is 0.821 bits per heavy atom. The number of carbonyl (C=O) groups excluding carboxylic acids is 8. The molecule has 95 heavy (non-hydrogen) atoms. The normalized spacial score (nSPS) is 14.5. The highest BCUT2D eigenvalue weighted by atomic mass is 16.7. The van der Waals surface area contributed by atoms with Crippen molar-refractivity contribution in [1.29, 1.82) is 0 Å². The van der Waals surface area contributed by atoms with Gasteiger partial charge in [-0.15, -0.1) is 0 Å². The van der Waals surface area contributed by atoms with E-state index in [-0.39, 0.29) is 199 Å². The molecule has 1 aliphatic heterocycles. The number of carbonyl (C=O) groups is 9. The largest absolute Gasteiger partial charge is 0.481 e. The SMILES string of the molecule is CCC(CO)OC(CO)OC.CCC(CO)OC(COC(=O)CCCC(=O)NCCNC(=O)CCOCCOCCNC(=O)CCN1C(=O)C=CC1=O)OC.CCC(CO)OC(COC(=O)CCCC(=O)O)OC.[2H]C(C)(C)C(=C)CCCC(=O)OCC(OC)OC(CC)CO. The molecule has 0 saturated carbocycles. The van der Waals surface area contributed by atoms with Crippen LogP contribution in [0.3, 0.4) is 0 Å². The lowest BCUT2D eigenvalue weighted by Gasteiger charge is -2.21. The van der Waals surface area contributed by atoms with Crippen LogP contribution in [0.5, 0.6) is 0 Å². The summed E-state index contributed by atoms with van der Waals surface area (Å²) >= 11 is 0. The third-order valence-corrected chi connectivity index (χ3v) is 13.1. The van der Waals surface area contributed by atoms with Crippen molar-refractivity contribution in [1.82, 2.24) is 20.9 Å². The fourth-order valence-electron chi connectivity index (χ4n) is 7.05. The molecule has 0 aromatic heterocycles. The molecule has 1 aliphatic rings. The molecule has 0 aliphatic carbocycles.